The maximum atomic E-state index is 11.2. The number of esters is 1. The van der Waals surface area contributed by atoms with Crippen LogP contribution in [0.15, 0.2) is 24.3 Å². The first kappa shape index (κ1) is 13.6. The fourth-order valence-electron chi connectivity index (χ4n) is 1.35. The molecule has 0 aliphatic heterocycles. The molecule has 0 spiro atoms. The van der Waals surface area contributed by atoms with Gasteiger partial charge in [-0.2, -0.15) is 17.0 Å². The molecule has 0 aromatic heterocycles. The van der Waals surface area contributed by atoms with Gasteiger partial charge in [0.15, 0.2) is 0 Å². The van der Waals surface area contributed by atoms with E-state index in [2.05, 4.69) is 10.8 Å². The maximum Gasteiger partial charge on any atom is 0.309 e. The van der Waals surface area contributed by atoms with Crippen molar-refractivity contribution in [2.24, 2.45) is 5.92 Å². The highest BCUT2D eigenvalue weighted by molar-refractivity contribution is 7.98. The van der Waals surface area contributed by atoms with Gasteiger partial charge >= 0.3 is 5.97 Å². The van der Waals surface area contributed by atoms with Gasteiger partial charge < -0.3 is 4.74 Å². The van der Waals surface area contributed by atoms with Crippen LogP contribution in [0.4, 0.5) is 0 Å². The molecule has 0 radical (unpaired) electrons. The summed E-state index contributed by atoms with van der Waals surface area (Å²) in [5.41, 5.74) is 1.77. The van der Waals surface area contributed by atoms with E-state index >= 15 is 0 Å². The summed E-state index contributed by atoms with van der Waals surface area (Å²) in [4.78, 5) is 11.2. The molecule has 0 fully saturated rings. The molecule has 0 saturated heterocycles. The zero-order valence-electron chi connectivity index (χ0n) is 9.97. The van der Waals surface area contributed by atoms with E-state index < -0.39 is 0 Å². The topological polar surface area (TPSA) is 50.1 Å². The minimum Gasteiger partial charge on any atom is -0.469 e. The molecule has 0 bridgehead atoms. The zero-order chi connectivity index (χ0) is 12.7. The van der Waals surface area contributed by atoms with Crippen molar-refractivity contribution in [3.05, 3.63) is 35.4 Å². The number of carbonyl (C=O) groups excluding carboxylic acids is 1. The lowest BCUT2D eigenvalue weighted by Crippen LogP contribution is -2.14. The molecule has 0 aliphatic rings. The van der Waals surface area contributed by atoms with E-state index in [1.165, 1.54) is 7.11 Å². The first-order chi connectivity index (χ1) is 8.17. The van der Waals surface area contributed by atoms with E-state index in [1.54, 1.807) is 17.8 Å². The number of benzene rings is 1. The van der Waals surface area contributed by atoms with Gasteiger partial charge in [0.05, 0.1) is 24.7 Å². The number of hydrogen-bond donors (Lipinski definition) is 0. The average Bonchev–Trinajstić information content (AvgIpc) is 2.37. The summed E-state index contributed by atoms with van der Waals surface area (Å²) in [5, 5.41) is 8.76. The van der Waals surface area contributed by atoms with Crippen LogP contribution in [-0.4, -0.2) is 18.8 Å². The summed E-state index contributed by atoms with van der Waals surface area (Å²) >= 11 is 1.67. The van der Waals surface area contributed by atoms with Crippen molar-refractivity contribution < 1.29 is 9.53 Å². The number of thioether (sulfide) groups is 1. The van der Waals surface area contributed by atoms with Gasteiger partial charge in [-0.15, -0.1) is 0 Å². The second kappa shape index (κ2) is 6.97. The summed E-state index contributed by atoms with van der Waals surface area (Å²) in [6.45, 7) is 1.85. The molecule has 3 nitrogen and oxygen atoms in total. The lowest BCUT2D eigenvalue weighted by molar-refractivity contribution is -0.143. The standard InChI is InChI=1S/C13H15NO2S/c1-10(13(15)16-2)8-17-9-12-5-3-4-11(6-12)7-14/h3-6,10H,8-9H2,1-2H3. The van der Waals surface area contributed by atoms with Crippen molar-refractivity contribution >= 4 is 17.7 Å². The maximum absolute atomic E-state index is 11.2. The third kappa shape index (κ3) is 4.49. The van der Waals surface area contributed by atoms with E-state index in [4.69, 9.17) is 5.26 Å². The molecule has 1 unspecified atom stereocenters. The van der Waals surface area contributed by atoms with Crippen molar-refractivity contribution in [2.75, 3.05) is 12.9 Å². The number of ether oxygens (including phenoxy) is 1. The molecule has 0 saturated carbocycles. The molecule has 1 rings (SSSR count). The third-order valence-electron chi connectivity index (χ3n) is 2.30. The molecule has 90 valence electrons. The molecule has 0 amide bonds. The summed E-state index contributed by atoms with van der Waals surface area (Å²) in [6, 6.07) is 9.62. The first-order valence-corrected chi connectivity index (χ1v) is 6.47. The molecule has 0 aliphatic carbocycles. The highest BCUT2D eigenvalue weighted by Crippen LogP contribution is 2.17. The number of nitrogens with zero attached hydrogens (tertiary/aromatic N) is 1. The van der Waals surface area contributed by atoms with Gasteiger partial charge in [0, 0.05) is 11.5 Å². The Bertz CT molecular complexity index is 426. The summed E-state index contributed by atoms with van der Waals surface area (Å²) in [7, 11) is 1.40. The number of methoxy groups -OCH3 is 1. The largest absolute Gasteiger partial charge is 0.469 e. The van der Waals surface area contributed by atoms with E-state index in [0.717, 1.165) is 17.1 Å². The van der Waals surface area contributed by atoms with Gasteiger partial charge in [-0.1, -0.05) is 19.1 Å². The van der Waals surface area contributed by atoms with Crippen molar-refractivity contribution in [1.29, 1.82) is 5.26 Å². The minimum atomic E-state index is -0.178. The van der Waals surface area contributed by atoms with Crippen LogP contribution in [0.25, 0.3) is 0 Å². The minimum absolute atomic E-state index is 0.0934. The fraction of sp³-hybridized carbons (Fsp3) is 0.385. The Kier molecular flexibility index (Phi) is 5.58. The smallest absolute Gasteiger partial charge is 0.309 e. The molecule has 4 heteroatoms. The number of hydrogen-bond acceptors (Lipinski definition) is 4. The molecule has 0 N–H and O–H groups in total. The van der Waals surface area contributed by atoms with E-state index in [1.807, 2.05) is 25.1 Å². The second-order valence-electron chi connectivity index (χ2n) is 3.75. The predicted octanol–water partition coefficient (Wildman–Crippen LogP) is 2.60. The first-order valence-electron chi connectivity index (χ1n) is 5.32. The Labute approximate surface area is 106 Å². The van der Waals surface area contributed by atoms with Crippen LogP contribution in [-0.2, 0) is 15.3 Å². The van der Waals surface area contributed by atoms with Crippen LogP contribution in [0.1, 0.15) is 18.1 Å². The molecule has 1 aromatic rings. The van der Waals surface area contributed by atoms with E-state index in [9.17, 15) is 4.79 Å². The zero-order valence-corrected chi connectivity index (χ0v) is 10.8. The normalized spacial score (nSPS) is 11.6. The Hall–Kier alpha value is -1.47. The van der Waals surface area contributed by atoms with Gasteiger partial charge in [-0.05, 0) is 17.7 Å². The SMILES string of the molecule is COC(=O)C(C)CSCc1cccc(C#N)c1. The summed E-state index contributed by atoms with van der Waals surface area (Å²) in [6.07, 6.45) is 0. The number of carbonyl (C=O) groups is 1. The van der Waals surface area contributed by atoms with Crippen molar-refractivity contribution in [2.45, 2.75) is 12.7 Å². The van der Waals surface area contributed by atoms with Gasteiger partial charge in [0.25, 0.3) is 0 Å². The van der Waals surface area contributed by atoms with Crippen molar-refractivity contribution in [3.63, 3.8) is 0 Å². The monoisotopic (exact) mass is 249 g/mol. The lowest BCUT2D eigenvalue weighted by Gasteiger charge is -2.08. The van der Waals surface area contributed by atoms with Crippen LogP contribution in [0.2, 0.25) is 0 Å². The highest BCUT2D eigenvalue weighted by atomic mass is 32.2. The fourth-order valence-corrected chi connectivity index (χ4v) is 2.38. The van der Waals surface area contributed by atoms with E-state index in [-0.39, 0.29) is 11.9 Å². The van der Waals surface area contributed by atoms with Gasteiger partial charge in [-0.3, -0.25) is 4.79 Å². The van der Waals surface area contributed by atoms with Crippen LogP contribution in [0.5, 0.6) is 0 Å². The number of nitriles is 1. The number of rotatable bonds is 5. The molecular formula is C13H15NO2S. The molecule has 17 heavy (non-hydrogen) atoms. The quantitative estimate of drug-likeness (QED) is 0.753. The van der Waals surface area contributed by atoms with Crippen molar-refractivity contribution in [3.8, 4) is 6.07 Å². The lowest BCUT2D eigenvalue weighted by atomic mass is 10.2. The Morgan fingerprint density at radius 1 is 1.59 bits per heavy atom. The average molecular weight is 249 g/mol. The Morgan fingerprint density at radius 2 is 2.35 bits per heavy atom. The predicted molar refractivity (Wildman–Crippen MR) is 68.5 cm³/mol. The molecule has 1 aromatic carbocycles. The molecule has 0 heterocycles. The second-order valence-corrected chi connectivity index (χ2v) is 4.78. The van der Waals surface area contributed by atoms with Gasteiger partial charge in [0.1, 0.15) is 0 Å². The van der Waals surface area contributed by atoms with Crippen LogP contribution in [0, 0.1) is 17.2 Å². The highest BCUT2D eigenvalue weighted by Gasteiger charge is 2.12. The van der Waals surface area contributed by atoms with E-state index in [0.29, 0.717) is 5.56 Å². The molecule has 1 atom stereocenters. The Balaban J connectivity index is 2.41. The third-order valence-corrected chi connectivity index (χ3v) is 3.57. The van der Waals surface area contributed by atoms with Gasteiger partial charge in [-0.25, -0.2) is 0 Å². The van der Waals surface area contributed by atoms with Crippen LogP contribution >= 0.6 is 11.8 Å². The molecular weight excluding hydrogens is 234 g/mol. The van der Waals surface area contributed by atoms with Gasteiger partial charge in [0.2, 0.25) is 0 Å². The summed E-state index contributed by atoms with van der Waals surface area (Å²) < 4.78 is 4.66. The summed E-state index contributed by atoms with van der Waals surface area (Å²) in [5.74, 6) is 1.26. The van der Waals surface area contributed by atoms with Crippen LogP contribution in [0.3, 0.4) is 0 Å². The Morgan fingerprint density at radius 3 is 3.00 bits per heavy atom. The van der Waals surface area contributed by atoms with Crippen molar-refractivity contribution in [1.82, 2.24) is 0 Å². The van der Waals surface area contributed by atoms with Crippen LogP contribution < -0.4 is 0 Å².